The van der Waals surface area contributed by atoms with Gasteiger partial charge in [0.2, 0.25) is 0 Å². The van der Waals surface area contributed by atoms with E-state index in [0.29, 0.717) is 12.0 Å². The van der Waals surface area contributed by atoms with Gasteiger partial charge in [-0.3, -0.25) is 9.59 Å². The highest BCUT2D eigenvalue weighted by atomic mass is 79.9. The molecule has 3 nitrogen and oxygen atoms in total. The predicted octanol–water partition coefficient (Wildman–Crippen LogP) is 1.89. The van der Waals surface area contributed by atoms with E-state index in [1.54, 1.807) is 12.1 Å². The van der Waals surface area contributed by atoms with Gasteiger partial charge in [0.1, 0.15) is 0 Å². The number of Topliss-reactive ketones (excluding diaryl/α,β-unsaturated/α-hetero) is 1. The van der Waals surface area contributed by atoms with Crippen molar-refractivity contribution in [2.45, 2.75) is 11.2 Å². The molecule has 4 heteroatoms. The van der Waals surface area contributed by atoms with E-state index in [2.05, 4.69) is 15.9 Å². The standard InChI is InChI=1S/C11H9BrO3/c12-9-8(11(14)15)5-6-3-1-2-4-7(6)10(9)13/h1-4,8-9H,5H2,(H,14,15). The highest BCUT2D eigenvalue weighted by molar-refractivity contribution is 9.10. The molecular weight excluding hydrogens is 260 g/mol. The lowest BCUT2D eigenvalue weighted by molar-refractivity contribution is -0.141. The molecule has 0 aliphatic heterocycles. The van der Waals surface area contributed by atoms with Crippen LogP contribution in [0.3, 0.4) is 0 Å². The third-order valence-corrected chi connectivity index (χ3v) is 3.70. The summed E-state index contributed by atoms with van der Waals surface area (Å²) in [6, 6.07) is 7.16. The molecule has 0 heterocycles. The van der Waals surface area contributed by atoms with Crippen molar-refractivity contribution in [1.82, 2.24) is 0 Å². The molecule has 2 atom stereocenters. The van der Waals surface area contributed by atoms with E-state index >= 15 is 0 Å². The van der Waals surface area contributed by atoms with Gasteiger partial charge in [-0.1, -0.05) is 40.2 Å². The summed E-state index contributed by atoms with van der Waals surface area (Å²) in [4.78, 5) is 22.2. The SMILES string of the molecule is O=C1c2ccccc2CC(C(=O)O)C1Br. The van der Waals surface area contributed by atoms with Gasteiger partial charge in [0.15, 0.2) is 5.78 Å². The van der Waals surface area contributed by atoms with Crippen molar-refractivity contribution in [3.05, 3.63) is 35.4 Å². The molecule has 0 saturated carbocycles. The molecule has 0 bridgehead atoms. The van der Waals surface area contributed by atoms with Crippen LogP contribution in [0, 0.1) is 5.92 Å². The van der Waals surface area contributed by atoms with Gasteiger partial charge < -0.3 is 5.11 Å². The monoisotopic (exact) mass is 268 g/mol. The second kappa shape index (κ2) is 3.77. The van der Waals surface area contributed by atoms with Crippen LogP contribution in [-0.4, -0.2) is 21.7 Å². The Bertz CT molecular complexity index is 428. The molecule has 0 amide bonds. The van der Waals surface area contributed by atoms with Crippen LogP contribution >= 0.6 is 15.9 Å². The summed E-state index contributed by atoms with van der Waals surface area (Å²) in [5.74, 6) is -1.73. The number of hydrogen-bond acceptors (Lipinski definition) is 2. The maximum Gasteiger partial charge on any atom is 0.308 e. The third-order valence-electron chi connectivity index (χ3n) is 2.64. The summed E-state index contributed by atoms with van der Waals surface area (Å²) in [7, 11) is 0. The zero-order chi connectivity index (χ0) is 11.0. The lowest BCUT2D eigenvalue weighted by Crippen LogP contribution is -2.36. The Morgan fingerprint density at radius 3 is 2.73 bits per heavy atom. The molecule has 0 fully saturated rings. The average molecular weight is 269 g/mol. The molecule has 1 aliphatic rings. The van der Waals surface area contributed by atoms with Crippen LogP contribution in [0.25, 0.3) is 0 Å². The number of carbonyl (C=O) groups is 2. The largest absolute Gasteiger partial charge is 0.481 e. The van der Waals surface area contributed by atoms with Crippen LogP contribution in [0.2, 0.25) is 0 Å². The van der Waals surface area contributed by atoms with Crippen molar-refractivity contribution in [3.63, 3.8) is 0 Å². The molecule has 78 valence electrons. The van der Waals surface area contributed by atoms with Crippen LogP contribution in [0.1, 0.15) is 15.9 Å². The number of benzene rings is 1. The second-order valence-corrected chi connectivity index (χ2v) is 4.56. The van der Waals surface area contributed by atoms with E-state index in [4.69, 9.17) is 5.11 Å². The molecular formula is C11H9BrO3. The van der Waals surface area contributed by atoms with E-state index in [0.717, 1.165) is 5.56 Å². The molecule has 2 unspecified atom stereocenters. The Labute approximate surface area is 95.2 Å². The second-order valence-electron chi connectivity index (χ2n) is 3.57. The van der Waals surface area contributed by atoms with Crippen LogP contribution in [0.5, 0.6) is 0 Å². The minimum absolute atomic E-state index is 0.135. The molecule has 0 aromatic heterocycles. The van der Waals surface area contributed by atoms with Crippen LogP contribution in [0.15, 0.2) is 24.3 Å². The summed E-state index contributed by atoms with van der Waals surface area (Å²) >= 11 is 3.16. The summed E-state index contributed by atoms with van der Waals surface area (Å²) in [6.07, 6.45) is 0.410. The average Bonchev–Trinajstić information content (AvgIpc) is 2.23. The fourth-order valence-electron chi connectivity index (χ4n) is 1.82. The van der Waals surface area contributed by atoms with Crippen molar-refractivity contribution in [1.29, 1.82) is 0 Å². The van der Waals surface area contributed by atoms with E-state index < -0.39 is 16.7 Å². The van der Waals surface area contributed by atoms with E-state index in [1.807, 2.05) is 12.1 Å². The van der Waals surface area contributed by atoms with Gasteiger partial charge in [0.25, 0.3) is 0 Å². The Morgan fingerprint density at radius 2 is 2.07 bits per heavy atom. The number of carbonyl (C=O) groups excluding carboxylic acids is 1. The lowest BCUT2D eigenvalue weighted by atomic mass is 9.83. The molecule has 2 rings (SSSR count). The number of halogens is 1. The number of alkyl halides is 1. The number of rotatable bonds is 1. The fourth-order valence-corrected chi connectivity index (χ4v) is 2.48. The molecule has 15 heavy (non-hydrogen) atoms. The summed E-state index contributed by atoms with van der Waals surface area (Å²) in [5.41, 5.74) is 1.46. The van der Waals surface area contributed by atoms with Gasteiger partial charge in [-0.15, -0.1) is 0 Å². The zero-order valence-corrected chi connectivity index (χ0v) is 9.40. The van der Waals surface area contributed by atoms with Gasteiger partial charge in [-0.2, -0.15) is 0 Å². The minimum atomic E-state index is -0.931. The van der Waals surface area contributed by atoms with Crippen molar-refractivity contribution in [3.8, 4) is 0 Å². The van der Waals surface area contributed by atoms with Crippen molar-refractivity contribution in [2.24, 2.45) is 5.92 Å². The Morgan fingerprint density at radius 1 is 1.40 bits per heavy atom. The van der Waals surface area contributed by atoms with Crippen LogP contribution in [-0.2, 0) is 11.2 Å². The number of hydrogen-bond donors (Lipinski definition) is 1. The maximum absolute atomic E-state index is 11.8. The Kier molecular flexibility index (Phi) is 2.61. The predicted molar refractivity (Wildman–Crippen MR) is 58.3 cm³/mol. The van der Waals surface area contributed by atoms with Crippen LogP contribution < -0.4 is 0 Å². The van der Waals surface area contributed by atoms with Crippen molar-refractivity contribution in [2.75, 3.05) is 0 Å². The highest BCUT2D eigenvalue weighted by Gasteiger charge is 2.37. The summed E-state index contributed by atoms with van der Waals surface area (Å²) < 4.78 is 0. The topological polar surface area (TPSA) is 54.4 Å². The highest BCUT2D eigenvalue weighted by Crippen LogP contribution is 2.30. The molecule has 1 aromatic carbocycles. The summed E-state index contributed by atoms with van der Waals surface area (Å²) in [5, 5.41) is 8.97. The van der Waals surface area contributed by atoms with Gasteiger partial charge in [-0.25, -0.2) is 0 Å². The first-order valence-corrected chi connectivity index (χ1v) is 5.52. The van der Waals surface area contributed by atoms with Gasteiger partial charge in [-0.05, 0) is 12.0 Å². The van der Waals surface area contributed by atoms with Crippen molar-refractivity contribution >= 4 is 27.7 Å². The first-order chi connectivity index (χ1) is 7.11. The fraction of sp³-hybridized carbons (Fsp3) is 0.273. The molecule has 0 spiro atoms. The smallest absolute Gasteiger partial charge is 0.308 e. The number of carboxylic acids is 1. The van der Waals surface area contributed by atoms with Gasteiger partial charge in [0.05, 0.1) is 10.7 Å². The minimum Gasteiger partial charge on any atom is -0.481 e. The first-order valence-electron chi connectivity index (χ1n) is 4.60. The molecule has 1 aromatic rings. The molecule has 1 N–H and O–H groups in total. The van der Waals surface area contributed by atoms with E-state index in [-0.39, 0.29) is 5.78 Å². The van der Waals surface area contributed by atoms with Crippen molar-refractivity contribution < 1.29 is 14.7 Å². The number of aliphatic carboxylic acids is 1. The first kappa shape index (κ1) is 10.4. The number of ketones is 1. The Balaban J connectivity index is 2.45. The molecule has 0 radical (unpaired) electrons. The normalized spacial score (nSPS) is 24.7. The zero-order valence-electron chi connectivity index (χ0n) is 7.81. The summed E-state index contributed by atoms with van der Waals surface area (Å²) in [6.45, 7) is 0. The van der Waals surface area contributed by atoms with E-state index in [1.165, 1.54) is 0 Å². The molecule has 1 aliphatic carbocycles. The Hall–Kier alpha value is -1.16. The number of carboxylic acid groups (broad SMARTS) is 1. The van der Waals surface area contributed by atoms with Gasteiger partial charge >= 0.3 is 5.97 Å². The van der Waals surface area contributed by atoms with Gasteiger partial charge in [0, 0.05) is 5.56 Å². The quantitative estimate of drug-likeness (QED) is 0.792. The van der Waals surface area contributed by atoms with Crippen LogP contribution in [0.4, 0.5) is 0 Å². The van der Waals surface area contributed by atoms with E-state index in [9.17, 15) is 9.59 Å². The number of fused-ring (bicyclic) bond motifs is 1. The maximum atomic E-state index is 11.8. The lowest BCUT2D eigenvalue weighted by Gasteiger charge is -2.24. The third kappa shape index (κ3) is 1.69. The molecule has 0 saturated heterocycles.